The lowest BCUT2D eigenvalue weighted by Gasteiger charge is -2.19. The molecule has 0 fully saturated rings. The van der Waals surface area contributed by atoms with E-state index < -0.39 is 18.1 Å². The zero-order valence-corrected chi connectivity index (χ0v) is 11.3. The lowest BCUT2D eigenvalue weighted by Crippen LogP contribution is -2.44. The van der Waals surface area contributed by atoms with Crippen LogP contribution in [0.4, 0.5) is 4.79 Å². The Balaban J connectivity index is 4.00. The molecule has 19 heavy (non-hydrogen) atoms. The molecule has 1 unspecified atom stereocenters. The molecule has 0 heterocycles. The second-order valence-corrected chi connectivity index (χ2v) is 3.73. The molecule has 0 rings (SSSR count). The molecule has 2 N–H and O–H groups in total. The van der Waals surface area contributed by atoms with E-state index in [1.54, 1.807) is 6.92 Å². The van der Waals surface area contributed by atoms with Crippen molar-refractivity contribution in [3.8, 4) is 0 Å². The molecular formula is C11H20N2O6. The average molecular weight is 276 g/mol. The SMILES string of the molecule is CCOC(=O)CCN(C)C(=O)NCC(OC)C(=O)O. The molecule has 0 aromatic heterocycles. The fourth-order valence-electron chi connectivity index (χ4n) is 1.18. The number of carboxylic acids is 1. The summed E-state index contributed by atoms with van der Waals surface area (Å²) in [5, 5.41) is 11.1. The predicted octanol–water partition coefficient (Wildman–Crippen LogP) is -0.319. The lowest BCUT2D eigenvalue weighted by atomic mass is 10.3. The molecule has 0 aromatic rings. The minimum absolute atomic E-state index is 0.0877. The van der Waals surface area contributed by atoms with Gasteiger partial charge in [0, 0.05) is 20.7 Å². The van der Waals surface area contributed by atoms with Crippen LogP contribution in [-0.4, -0.2) is 67.9 Å². The van der Waals surface area contributed by atoms with E-state index in [0.717, 1.165) is 0 Å². The molecule has 0 aromatic carbocycles. The van der Waals surface area contributed by atoms with E-state index in [2.05, 4.69) is 10.1 Å². The smallest absolute Gasteiger partial charge is 0.334 e. The first-order valence-corrected chi connectivity index (χ1v) is 5.82. The van der Waals surface area contributed by atoms with Crippen LogP contribution in [0, 0.1) is 0 Å². The van der Waals surface area contributed by atoms with Gasteiger partial charge in [-0.05, 0) is 6.92 Å². The van der Waals surface area contributed by atoms with Crippen molar-refractivity contribution < 1.29 is 29.0 Å². The molecule has 0 radical (unpaired) electrons. The van der Waals surface area contributed by atoms with Crippen LogP contribution in [-0.2, 0) is 19.1 Å². The Morgan fingerprint density at radius 3 is 2.47 bits per heavy atom. The third kappa shape index (κ3) is 7.24. The number of carbonyl (C=O) groups is 3. The molecule has 0 saturated carbocycles. The number of nitrogens with one attached hydrogen (secondary N) is 1. The number of methoxy groups -OCH3 is 1. The fourth-order valence-corrected chi connectivity index (χ4v) is 1.18. The van der Waals surface area contributed by atoms with Crippen molar-refractivity contribution in [1.29, 1.82) is 0 Å². The number of urea groups is 1. The second kappa shape index (κ2) is 9.15. The highest BCUT2D eigenvalue weighted by Crippen LogP contribution is 1.93. The molecule has 0 saturated heterocycles. The average Bonchev–Trinajstić information content (AvgIpc) is 2.36. The van der Waals surface area contributed by atoms with Gasteiger partial charge in [0.05, 0.1) is 19.6 Å². The van der Waals surface area contributed by atoms with E-state index in [-0.39, 0.29) is 25.5 Å². The van der Waals surface area contributed by atoms with Crippen molar-refractivity contribution in [1.82, 2.24) is 10.2 Å². The van der Waals surface area contributed by atoms with E-state index in [4.69, 9.17) is 9.84 Å². The molecule has 8 heteroatoms. The maximum Gasteiger partial charge on any atom is 0.334 e. The number of carbonyl (C=O) groups excluding carboxylic acids is 2. The summed E-state index contributed by atoms with van der Waals surface area (Å²) in [7, 11) is 2.74. The molecule has 110 valence electrons. The number of ether oxygens (including phenoxy) is 2. The Kier molecular flexibility index (Phi) is 8.27. The summed E-state index contributed by atoms with van der Waals surface area (Å²) >= 11 is 0. The van der Waals surface area contributed by atoms with Crippen LogP contribution in [0.2, 0.25) is 0 Å². The molecule has 0 aliphatic carbocycles. The largest absolute Gasteiger partial charge is 0.479 e. The van der Waals surface area contributed by atoms with E-state index in [1.165, 1.54) is 19.1 Å². The highest BCUT2D eigenvalue weighted by Gasteiger charge is 2.18. The van der Waals surface area contributed by atoms with Crippen molar-refractivity contribution in [2.24, 2.45) is 0 Å². The van der Waals surface area contributed by atoms with Gasteiger partial charge in [-0.25, -0.2) is 9.59 Å². The Hall–Kier alpha value is -1.83. The van der Waals surface area contributed by atoms with Gasteiger partial charge in [-0.15, -0.1) is 0 Å². The Bertz CT molecular complexity index is 320. The van der Waals surface area contributed by atoms with Crippen molar-refractivity contribution in [3.63, 3.8) is 0 Å². The summed E-state index contributed by atoms with van der Waals surface area (Å²) in [6.07, 6.45) is -1.01. The van der Waals surface area contributed by atoms with Gasteiger partial charge in [0.1, 0.15) is 0 Å². The zero-order valence-electron chi connectivity index (χ0n) is 11.3. The van der Waals surface area contributed by atoms with Crippen LogP contribution < -0.4 is 5.32 Å². The Labute approximate surface area is 111 Å². The summed E-state index contributed by atoms with van der Waals surface area (Å²) < 4.78 is 9.39. The molecular weight excluding hydrogens is 256 g/mol. The number of carboxylic acid groups (broad SMARTS) is 1. The van der Waals surface area contributed by atoms with Gasteiger partial charge in [0.25, 0.3) is 0 Å². The molecule has 2 amide bonds. The first kappa shape index (κ1) is 17.2. The summed E-state index contributed by atoms with van der Waals surface area (Å²) in [6.45, 7) is 2.04. The third-order valence-corrected chi connectivity index (χ3v) is 2.30. The molecule has 8 nitrogen and oxygen atoms in total. The summed E-state index contributed by atoms with van der Waals surface area (Å²) in [6, 6.07) is -0.479. The fraction of sp³-hybridized carbons (Fsp3) is 0.727. The van der Waals surface area contributed by atoms with Gasteiger partial charge in [-0.1, -0.05) is 0 Å². The van der Waals surface area contributed by atoms with E-state index >= 15 is 0 Å². The Morgan fingerprint density at radius 1 is 1.37 bits per heavy atom. The molecule has 0 bridgehead atoms. The normalized spacial score (nSPS) is 11.5. The number of hydrogen-bond acceptors (Lipinski definition) is 5. The van der Waals surface area contributed by atoms with E-state index in [9.17, 15) is 14.4 Å². The van der Waals surface area contributed by atoms with Crippen molar-refractivity contribution in [2.75, 3.05) is 33.9 Å². The van der Waals surface area contributed by atoms with Gasteiger partial charge in [0.2, 0.25) is 0 Å². The quantitative estimate of drug-likeness (QED) is 0.589. The molecule has 0 spiro atoms. The standard InChI is InChI=1S/C11H20N2O6/c1-4-19-9(14)5-6-13(2)11(17)12-7-8(18-3)10(15)16/h8H,4-7H2,1-3H3,(H,12,17)(H,15,16). The topological polar surface area (TPSA) is 105 Å². The van der Waals surface area contributed by atoms with Crippen molar-refractivity contribution in [2.45, 2.75) is 19.4 Å². The Morgan fingerprint density at radius 2 is 2.00 bits per heavy atom. The van der Waals surface area contributed by atoms with Crippen molar-refractivity contribution >= 4 is 18.0 Å². The van der Waals surface area contributed by atoms with Crippen LogP contribution in [0.3, 0.4) is 0 Å². The number of aliphatic carboxylic acids is 1. The third-order valence-electron chi connectivity index (χ3n) is 2.30. The molecule has 0 aliphatic heterocycles. The van der Waals surface area contributed by atoms with Crippen molar-refractivity contribution in [3.05, 3.63) is 0 Å². The maximum absolute atomic E-state index is 11.6. The molecule has 0 aliphatic rings. The first-order chi connectivity index (χ1) is 8.92. The summed E-state index contributed by atoms with van der Waals surface area (Å²) in [5.41, 5.74) is 0. The predicted molar refractivity (Wildman–Crippen MR) is 65.7 cm³/mol. The van der Waals surface area contributed by atoms with Gasteiger partial charge >= 0.3 is 18.0 Å². The second-order valence-electron chi connectivity index (χ2n) is 3.73. The highest BCUT2D eigenvalue weighted by molar-refractivity contribution is 5.77. The van der Waals surface area contributed by atoms with Gasteiger partial charge in [0.15, 0.2) is 6.10 Å². The van der Waals surface area contributed by atoms with Gasteiger partial charge < -0.3 is 24.8 Å². The van der Waals surface area contributed by atoms with Gasteiger partial charge in [-0.2, -0.15) is 0 Å². The lowest BCUT2D eigenvalue weighted by molar-refractivity contribution is -0.148. The van der Waals surface area contributed by atoms with Crippen LogP contribution in [0.25, 0.3) is 0 Å². The van der Waals surface area contributed by atoms with E-state index in [0.29, 0.717) is 6.61 Å². The summed E-state index contributed by atoms with van der Waals surface area (Å²) in [5.74, 6) is -1.54. The molecule has 1 atom stereocenters. The highest BCUT2D eigenvalue weighted by atomic mass is 16.5. The van der Waals surface area contributed by atoms with Gasteiger partial charge in [-0.3, -0.25) is 4.79 Å². The minimum Gasteiger partial charge on any atom is -0.479 e. The van der Waals surface area contributed by atoms with Crippen LogP contribution >= 0.6 is 0 Å². The monoisotopic (exact) mass is 276 g/mol. The first-order valence-electron chi connectivity index (χ1n) is 5.82. The summed E-state index contributed by atoms with van der Waals surface area (Å²) in [4.78, 5) is 34.6. The van der Waals surface area contributed by atoms with Crippen LogP contribution in [0.1, 0.15) is 13.3 Å². The number of amides is 2. The van der Waals surface area contributed by atoms with Crippen LogP contribution in [0.15, 0.2) is 0 Å². The van der Waals surface area contributed by atoms with E-state index in [1.807, 2.05) is 0 Å². The number of rotatable bonds is 8. The number of hydrogen-bond donors (Lipinski definition) is 2. The van der Waals surface area contributed by atoms with Crippen LogP contribution in [0.5, 0.6) is 0 Å². The number of esters is 1. The number of nitrogens with zero attached hydrogens (tertiary/aromatic N) is 1. The zero-order chi connectivity index (χ0) is 14.8. The minimum atomic E-state index is -1.16. The maximum atomic E-state index is 11.6.